The molecular weight excluding hydrogens is 401 g/mol. The smallest absolute Gasteiger partial charge is 0.333 e. The summed E-state index contributed by atoms with van der Waals surface area (Å²) in [4.78, 5) is 12.0. The first-order valence-corrected chi connectivity index (χ1v) is 7.58. The summed E-state index contributed by atoms with van der Waals surface area (Å²) < 4.78 is 90.3. The Morgan fingerprint density at radius 2 is 1.41 bits per heavy atom. The molecule has 0 saturated carbocycles. The summed E-state index contributed by atoms with van der Waals surface area (Å²) >= 11 is 3.69. The highest BCUT2D eigenvalue weighted by Crippen LogP contribution is 2.38. The highest BCUT2D eigenvalue weighted by Gasteiger charge is 2.37. The summed E-state index contributed by atoms with van der Waals surface area (Å²) in [5.41, 5.74) is -3.39. The SMILES string of the molecule is O=C(NCc1ccc(F)cc1)N(S)c1cc(C(F)(F)F)cc(C(F)(F)F)c1. The maximum Gasteiger partial charge on any atom is 0.416 e. The lowest BCUT2D eigenvalue weighted by Crippen LogP contribution is -2.33. The molecular formula is C16H11F7N2OS. The second kappa shape index (κ2) is 7.67. The van der Waals surface area contributed by atoms with E-state index in [0.29, 0.717) is 22.0 Å². The van der Waals surface area contributed by atoms with E-state index >= 15 is 0 Å². The van der Waals surface area contributed by atoms with E-state index in [-0.39, 0.29) is 12.6 Å². The molecule has 0 aliphatic heterocycles. The number of hydrogen-bond donors (Lipinski definition) is 2. The number of nitrogens with one attached hydrogen (secondary N) is 1. The molecule has 0 heterocycles. The fourth-order valence-corrected chi connectivity index (χ4v) is 2.22. The van der Waals surface area contributed by atoms with Crippen molar-refractivity contribution in [2.24, 2.45) is 0 Å². The molecule has 146 valence electrons. The van der Waals surface area contributed by atoms with E-state index in [2.05, 4.69) is 18.1 Å². The van der Waals surface area contributed by atoms with E-state index in [4.69, 9.17) is 0 Å². The largest absolute Gasteiger partial charge is 0.416 e. The van der Waals surface area contributed by atoms with Crippen LogP contribution in [0, 0.1) is 5.82 Å². The number of carbonyl (C=O) groups excluding carboxylic acids is 1. The van der Waals surface area contributed by atoms with Crippen molar-refractivity contribution in [2.45, 2.75) is 18.9 Å². The predicted molar refractivity (Wildman–Crippen MR) is 86.5 cm³/mol. The molecule has 0 atom stereocenters. The van der Waals surface area contributed by atoms with Gasteiger partial charge in [-0.1, -0.05) is 24.9 Å². The zero-order chi connectivity index (χ0) is 20.4. The number of carbonyl (C=O) groups is 1. The normalized spacial score (nSPS) is 12.0. The number of halogens is 7. The number of nitrogens with zero attached hydrogens (tertiary/aromatic N) is 1. The summed E-state index contributed by atoms with van der Waals surface area (Å²) in [6.07, 6.45) is -10.1. The topological polar surface area (TPSA) is 32.3 Å². The van der Waals surface area contributed by atoms with E-state index in [1.165, 1.54) is 12.1 Å². The Bertz CT molecular complexity index is 787. The minimum Gasteiger partial charge on any atom is -0.333 e. The number of amides is 2. The van der Waals surface area contributed by atoms with Gasteiger partial charge in [-0.15, -0.1) is 0 Å². The Morgan fingerprint density at radius 1 is 0.926 bits per heavy atom. The van der Waals surface area contributed by atoms with Crippen molar-refractivity contribution < 1.29 is 35.5 Å². The summed E-state index contributed by atoms with van der Waals surface area (Å²) in [7, 11) is 0. The standard InChI is InChI=1S/C16H11F7N2OS/c17-12-3-1-9(2-4-12)8-24-14(26)25(27)13-6-10(15(18,19)20)5-11(7-13)16(21,22)23/h1-7,27H,8H2,(H,24,26). The number of hydrogen-bond acceptors (Lipinski definition) is 2. The molecule has 11 heteroatoms. The monoisotopic (exact) mass is 412 g/mol. The number of thiol groups is 1. The van der Waals surface area contributed by atoms with E-state index in [1.807, 2.05) is 0 Å². The fourth-order valence-electron chi connectivity index (χ4n) is 2.03. The van der Waals surface area contributed by atoms with E-state index in [9.17, 15) is 35.5 Å². The average molecular weight is 412 g/mol. The third-order valence-electron chi connectivity index (χ3n) is 3.37. The lowest BCUT2D eigenvalue weighted by Gasteiger charge is -2.20. The molecule has 2 aromatic carbocycles. The maximum atomic E-state index is 12.9. The Kier molecular flexibility index (Phi) is 5.93. The van der Waals surface area contributed by atoms with Crippen molar-refractivity contribution in [3.63, 3.8) is 0 Å². The van der Waals surface area contributed by atoms with Crippen molar-refractivity contribution in [3.8, 4) is 0 Å². The Hall–Kier alpha value is -2.43. The Labute approximate surface area is 154 Å². The quantitative estimate of drug-likeness (QED) is 0.512. The molecule has 2 aromatic rings. The van der Waals surface area contributed by atoms with Crippen LogP contribution in [0.25, 0.3) is 0 Å². The molecule has 1 N–H and O–H groups in total. The van der Waals surface area contributed by atoms with Crippen LogP contribution in [-0.4, -0.2) is 6.03 Å². The molecule has 0 aromatic heterocycles. The molecule has 0 unspecified atom stereocenters. The van der Waals surface area contributed by atoms with Gasteiger partial charge in [0.1, 0.15) is 5.82 Å². The molecule has 0 radical (unpaired) electrons. The van der Waals surface area contributed by atoms with Crippen LogP contribution in [-0.2, 0) is 18.9 Å². The van der Waals surface area contributed by atoms with Gasteiger partial charge in [0, 0.05) is 6.54 Å². The molecule has 0 saturated heterocycles. The van der Waals surface area contributed by atoms with Crippen LogP contribution < -0.4 is 9.62 Å². The molecule has 2 amide bonds. The van der Waals surface area contributed by atoms with Crippen LogP contribution >= 0.6 is 12.8 Å². The van der Waals surface area contributed by atoms with Crippen LogP contribution in [0.4, 0.5) is 41.2 Å². The van der Waals surface area contributed by atoms with Gasteiger partial charge in [0.2, 0.25) is 0 Å². The predicted octanol–water partition coefficient (Wildman–Crippen LogP) is 5.42. The van der Waals surface area contributed by atoms with Gasteiger partial charge in [0.15, 0.2) is 0 Å². The Balaban J connectivity index is 2.24. The van der Waals surface area contributed by atoms with Gasteiger partial charge in [-0.25, -0.2) is 13.5 Å². The third kappa shape index (κ3) is 5.52. The maximum absolute atomic E-state index is 12.9. The summed E-state index contributed by atoms with van der Waals surface area (Å²) in [6, 6.07) is 4.59. The summed E-state index contributed by atoms with van der Waals surface area (Å²) in [5.74, 6) is -0.510. The van der Waals surface area contributed by atoms with Gasteiger partial charge in [-0.2, -0.15) is 26.3 Å². The molecule has 0 spiro atoms. The number of rotatable bonds is 3. The highest BCUT2D eigenvalue weighted by molar-refractivity contribution is 7.82. The van der Waals surface area contributed by atoms with Crippen LogP contribution in [0.5, 0.6) is 0 Å². The van der Waals surface area contributed by atoms with Crippen LogP contribution in [0.15, 0.2) is 42.5 Å². The molecule has 3 nitrogen and oxygen atoms in total. The highest BCUT2D eigenvalue weighted by atomic mass is 32.1. The second-order valence-corrected chi connectivity index (χ2v) is 5.76. The molecule has 0 fully saturated rings. The van der Waals surface area contributed by atoms with E-state index < -0.39 is 41.0 Å². The number of urea groups is 1. The fraction of sp³-hybridized carbons (Fsp3) is 0.188. The van der Waals surface area contributed by atoms with Crippen molar-refractivity contribution in [1.82, 2.24) is 5.32 Å². The lowest BCUT2D eigenvalue weighted by molar-refractivity contribution is -0.143. The summed E-state index contributed by atoms with van der Waals surface area (Å²) in [5, 5.41) is 2.26. The van der Waals surface area contributed by atoms with Crippen molar-refractivity contribution >= 4 is 24.5 Å². The first-order valence-electron chi connectivity index (χ1n) is 7.18. The van der Waals surface area contributed by atoms with Gasteiger partial charge >= 0.3 is 18.4 Å². The zero-order valence-corrected chi connectivity index (χ0v) is 14.1. The lowest BCUT2D eigenvalue weighted by atomic mass is 10.1. The van der Waals surface area contributed by atoms with Crippen molar-refractivity contribution in [3.05, 3.63) is 65.0 Å². The van der Waals surface area contributed by atoms with Gasteiger partial charge in [0.05, 0.1) is 16.8 Å². The Morgan fingerprint density at radius 3 is 1.85 bits per heavy atom. The van der Waals surface area contributed by atoms with Crippen LogP contribution in [0.3, 0.4) is 0 Å². The minimum absolute atomic E-state index is 0.0540. The molecule has 0 bridgehead atoms. The zero-order valence-electron chi connectivity index (χ0n) is 13.2. The average Bonchev–Trinajstić information content (AvgIpc) is 2.58. The number of anilines is 1. The van der Waals surface area contributed by atoms with Crippen molar-refractivity contribution in [1.29, 1.82) is 0 Å². The molecule has 0 aliphatic rings. The molecule has 0 aliphatic carbocycles. The van der Waals surface area contributed by atoms with Gasteiger partial charge < -0.3 is 5.32 Å². The minimum atomic E-state index is -5.05. The molecule has 2 rings (SSSR count). The van der Waals surface area contributed by atoms with E-state index in [1.54, 1.807) is 0 Å². The van der Waals surface area contributed by atoms with Crippen LogP contribution in [0.1, 0.15) is 16.7 Å². The first kappa shape index (κ1) is 20.9. The second-order valence-electron chi connectivity index (χ2n) is 5.36. The summed E-state index contributed by atoms with van der Waals surface area (Å²) in [6.45, 7) is -0.138. The molecule has 27 heavy (non-hydrogen) atoms. The van der Waals surface area contributed by atoms with Gasteiger partial charge in [0.25, 0.3) is 0 Å². The van der Waals surface area contributed by atoms with E-state index in [0.717, 1.165) is 12.1 Å². The van der Waals surface area contributed by atoms with Crippen molar-refractivity contribution in [2.75, 3.05) is 4.31 Å². The number of alkyl halides is 6. The van der Waals surface area contributed by atoms with Crippen LogP contribution in [0.2, 0.25) is 0 Å². The van der Waals surface area contributed by atoms with Gasteiger partial charge in [-0.3, -0.25) is 0 Å². The third-order valence-corrected chi connectivity index (χ3v) is 3.78. The first-order chi connectivity index (χ1) is 12.4. The number of benzene rings is 2. The van der Waals surface area contributed by atoms with Gasteiger partial charge in [-0.05, 0) is 35.9 Å².